The molecule has 5 nitrogen and oxygen atoms in total. The Morgan fingerprint density at radius 1 is 1.33 bits per heavy atom. The van der Waals surface area contributed by atoms with Crippen LogP contribution in [0.4, 0.5) is 0 Å². The first kappa shape index (κ1) is 14.2. The summed E-state index contributed by atoms with van der Waals surface area (Å²) in [5.74, 6) is 0. The van der Waals surface area contributed by atoms with Crippen molar-refractivity contribution in [1.29, 1.82) is 0 Å². The molecule has 2 aromatic heterocycles. The number of hydrogen-bond acceptors (Lipinski definition) is 4. The lowest BCUT2D eigenvalue weighted by Gasteiger charge is -2.35. The van der Waals surface area contributed by atoms with Gasteiger partial charge in [-0.15, -0.1) is 0 Å². The Hall–Kier alpha value is -1.72. The Balaban J connectivity index is 1.85. The smallest absolute Gasteiger partial charge is 0.0665 e. The molecule has 1 saturated heterocycles. The van der Waals surface area contributed by atoms with E-state index in [0.29, 0.717) is 6.61 Å². The number of ether oxygens (including phenoxy) is 1. The van der Waals surface area contributed by atoms with E-state index in [1.165, 1.54) is 5.56 Å². The summed E-state index contributed by atoms with van der Waals surface area (Å²) in [4.78, 5) is 7.06. The van der Waals surface area contributed by atoms with Gasteiger partial charge < -0.3 is 4.74 Å². The van der Waals surface area contributed by atoms with Gasteiger partial charge in [-0.05, 0) is 32.9 Å². The summed E-state index contributed by atoms with van der Waals surface area (Å²) < 4.78 is 5.70. The van der Waals surface area contributed by atoms with Gasteiger partial charge in [-0.2, -0.15) is 5.10 Å². The number of H-pyrrole nitrogens is 1. The second-order valence-corrected chi connectivity index (χ2v) is 5.68. The minimum absolute atomic E-state index is 0.250. The molecule has 2 aromatic rings. The summed E-state index contributed by atoms with van der Waals surface area (Å²) in [6, 6.07) is 6.45. The van der Waals surface area contributed by atoms with E-state index in [1.807, 2.05) is 13.0 Å². The monoisotopic (exact) mass is 286 g/mol. The Morgan fingerprint density at radius 2 is 2.19 bits per heavy atom. The minimum Gasteiger partial charge on any atom is -0.378 e. The summed E-state index contributed by atoms with van der Waals surface area (Å²) in [6.07, 6.45) is 0. The highest BCUT2D eigenvalue weighted by Crippen LogP contribution is 2.29. The zero-order valence-electron chi connectivity index (χ0n) is 12.9. The van der Waals surface area contributed by atoms with E-state index in [4.69, 9.17) is 4.74 Å². The van der Waals surface area contributed by atoms with E-state index in [0.717, 1.165) is 42.5 Å². The minimum atomic E-state index is 0.250. The van der Waals surface area contributed by atoms with Crippen molar-refractivity contribution in [2.75, 3.05) is 19.8 Å². The second kappa shape index (κ2) is 5.95. The number of aromatic nitrogens is 3. The second-order valence-electron chi connectivity index (χ2n) is 5.68. The van der Waals surface area contributed by atoms with E-state index in [9.17, 15) is 0 Å². The van der Waals surface area contributed by atoms with Gasteiger partial charge in [-0.3, -0.25) is 15.0 Å². The molecule has 0 unspecified atom stereocenters. The SMILES string of the molecule is Cc1cccc(CN2CCOC[C@H]2c2c(C)n[nH]c2C)n1. The molecule has 3 rings (SSSR count). The summed E-state index contributed by atoms with van der Waals surface area (Å²) in [6.45, 7) is 9.42. The summed E-state index contributed by atoms with van der Waals surface area (Å²) in [7, 11) is 0. The summed E-state index contributed by atoms with van der Waals surface area (Å²) in [5, 5.41) is 7.40. The van der Waals surface area contributed by atoms with Crippen molar-refractivity contribution >= 4 is 0 Å². The van der Waals surface area contributed by atoms with Crippen LogP contribution in [0.3, 0.4) is 0 Å². The lowest BCUT2D eigenvalue weighted by molar-refractivity contribution is -0.0137. The summed E-state index contributed by atoms with van der Waals surface area (Å²) >= 11 is 0. The molecule has 3 heterocycles. The van der Waals surface area contributed by atoms with E-state index >= 15 is 0 Å². The van der Waals surface area contributed by atoms with Crippen molar-refractivity contribution in [2.45, 2.75) is 33.4 Å². The number of morpholine rings is 1. The van der Waals surface area contributed by atoms with Gasteiger partial charge in [0, 0.05) is 30.0 Å². The van der Waals surface area contributed by atoms with Gasteiger partial charge in [0.25, 0.3) is 0 Å². The highest BCUT2D eigenvalue weighted by atomic mass is 16.5. The van der Waals surface area contributed by atoms with E-state index < -0.39 is 0 Å². The molecule has 0 aliphatic carbocycles. The van der Waals surface area contributed by atoms with E-state index in [1.54, 1.807) is 0 Å². The molecule has 0 spiro atoms. The fourth-order valence-electron chi connectivity index (χ4n) is 3.04. The third-order valence-corrected chi connectivity index (χ3v) is 4.07. The molecule has 1 aliphatic heterocycles. The Morgan fingerprint density at radius 3 is 2.90 bits per heavy atom. The number of aryl methyl sites for hydroxylation is 3. The number of nitrogens with one attached hydrogen (secondary N) is 1. The molecular formula is C16H22N4O. The highest BCUT2D eigenvalue weighted by molar-refractivity contribution is 5.28. The third kappa shape index (κ3) is 2.99. The quantitative estimate of drug-likeness (QED) is 0.940. The predicted molar refractivity (Wildman–Crippen MR) is 81.0 cm³/mol. The van der Waals surface area contributed by atoms with Crippen LogP contribution in [-0.2, 0) is 11.3 Å². The Kier molecular flexibility index (Phi) is 4.03. The van der Waals surface area contributed by atoms with Crippen molar-refractivity contribution in [3.8, 4) is 0 Å². The molecule has 21 heavy (non-hydrogen) atoms. The molecule has 5 heteroatoms. The van der Waals surface area contributed by atoms with Crippen LogP contribution in [0, 0.1) is 20.8 Å². The van der Waals surface area contributed by atoms with Crippen LogP contribution in [0.25, 0.3) is 0 Å². The van der Waals surface area contributed by atoms with Gasteiger partial charge in [0.05, 0.1) is 30.6 Å². The lowest BCUT2D eigenvalue weighted by Crippen LogP contribution is -2.39. The molecule has 1 fully saturated rings. The molecular weight excluding hydrogens is 264 g/mol. The topological polar surface area (TPSA) is 54.0 Å². The van der Waals surface area contributed by atoms with E-state index in [2.05, 4.69) is 46.1 Å². The normalized spacial score (nSPS) is 19.9. The van der Waals surface area contributed by atoms with Crippen molar-refractivity contribution in [3.05, 3.63) is 46.5 Å². The molecule has 0 amide bonds. The average molecular weight is 286 g/mol. The largest absolute Gasteiger partial charge is 0.378 e. The number of rotatable bonds is 3. The Bertz CT molecular complexity index is 603. The van der Waals surface area contributed by atoms with Crippen LogP contribution >= 0.6 is 0 Å². The molecule has 0 radical (unpaired) electrons. The zero-order valence-corrected chi connectivity index (χ0v) is 12.9. The molecule has 112 valence electrons. The maximum absolute atomic E-state index is 5.70. The van der Waals surface area contributed by atoms with Gasteiger partial charge in [0.1, 0.15) is 0 Å². The van der Waals surface area contributed by atoms with Gasteiger partial charge in [-0.1, -0.05) is 6.07 Å². The molecule has 1 aliphatic rings. The van der Waals surface area contributed by atoms with Crippen molar-refractivity contribution < 1.29 is 4.74 Å². The molecule has 1 atom stereocenters. The van der Waals surface area contributed by atoms with Crippen LogP contribution in [0.5, 0.6) is 0 Å². The van der Waals surface area contributed by atoms with Crippen LogP contribution in [-0.4, -0.2) is 39.8 Å². The maximum Gasteiger partial charge on any atom is 0.0665 e. The summed E-state index contributed by atoms with van der Waals surface area (Å²) in [5.41, 5.74) is 5.63. The zero-order chi connectivity index (χ0) is 14.8. The predicted octanol–water partition coefficient (Wildman–Crippen LogP) is 2.30. The van der Waals surface area contributed by atoms with Crippen LogP contribution in [0.2, 0.25) is 0 Å². The maximum atomic E-state index is 5.70. The standard InChI is InChI=1S/C16H22N4O/c1-11-5-4-6-14(17-11)9-20-7-8-21-10-15(20)16-12(2)18-19-13(16)3/h4-6,15H,7-10H2,1-3H3,(H,18,19)/t15-/m0/s1. The van der Waals surface area contributed by atoms with E-state index in [-0.39, 0.29) is 6.04 Å². The van der Waals surface area contributed by atoms with Gasteiger partial charge in [0.15, 0.2) is 0 Å². The van der Waals surface area contributed by atoms with Crippen molar-refractivity contribution in [1.82, 2.24) is 20.1 Å². The van der Waals surface area contributed by atoms with Gasteiger partial charge >= 0.3 is 0 Å². The highest BCUT2D eigenvalue weighted by Gasteiger charge is 2.28. The van der Waals surface area contributed by atoms with Crippen molar-refractivity contribution in [2.24, 2.45) is 0 Å². The fourth-order valence-corrected chi connectivity index (χ4v) is 3.04. The molecule has 0 bridgehead atoms. The first-order chi connectivity index (χ1) is 10.1. The number of aromatic amines is 1. The van der Waals surface area contributed by atoms with Gasteiger partial charge in [0.2, 0.25) is 0 Å². The Labute approximate surface area is 125 Å². The van der Waals surface area contributed by atoms with Crippen LogP contribution in [0.15, 0.2) is 18.2 Å². The lowest BCUT2D eigenvalue weighted by atomic mass is 10.0. The number of hydrogen-bond donors (Lipinski definition) is 1. The molecule has 0 aromatic carbocycles. The number of nitrogens with zero attached hydrogens (tertiary/aromatic N) is 3. The fraction of sp³-hybridized carbons (Fsp3) is 0.500. The van der Waals surface area contributed by atoms with Crippen molar-refractivity contribution in [3.63, 3.8) is 0 Å². The van der Waals surface area contributed by atoms with Gasteiger partial charge in [-0.25, -0.2) is 0 Å². The average Bonchev–Trinajstić information content (AvgIpc) is 2.79. The molecule has 1 N–H and O–H groups in total. The first-order valence-corrected chi connectivity index (χ1v) is 7.41. The van der Waals surface area contributed by atoms with Crippen LogP contribution < -0.4 is 0 Å². The van der Waals surface area contributed by atoms with Crippen LogP contribution in [0.1, 0.15) is 34.4 Å². The molecule has 0 saturated carbocycles. The third-order valence-electron chi connectivity index (χ3n) is 4.07. The number of pyridine rings is 1. The first-order valence-electron chi connectivity index (χ1n) is 7.41.